The van der Waals surface area contributed by atoms with E-state index in [2.05, 4.69) is 6.07 Å². The Morgan fingerprint density at radius 3 is 2.50 bits per heavy atom. The van der Waals surface area contributed by atoms with Crippen molar-refractivity contribution in [1.29, 1.82) is 0 Å². The highest BCUT2D eigenvalue weighted by Crippen LogP contribution is 2.31. The van der Waals surface area contributed by atoms with Crippen LogP contribution in [0, 0.1) is 0 Å². The molecule has 0 aliphatic heterocycles. The minimum atomic E-state index is 0.0555. The highest BCUT2D eigenvalue weighted by Gasteiger charge is 2.01. The van der Waals surface area contributed by atoms with Crippen LogP contribution >= 0.6 is 23.4 Å². The van der Waals surface area contributed by atoms with Gasteiger partial charge in [0.2, 0.25) is 0 Å². The molecule has 0 aliphatic carbocycles. The van der Waals surface area contributed by atoms with Gasteiger partial charge in [0.15, 0.2) is 0 Å². The second kappa shape index (κ2) is 6.64. The molecule has 0 radical (unpaired) electrons. The molecule has 0 spiro atoms. The Labute approximate surface area is 116 Å². The number of aliphatic hydroxyl groups is 1. The van der Waals surface area contributed by atoms with E-state index in [1.54, 1.807) is 17.8 Å². The monoisotopic (exact) mass is 276 g/mol. The first-order chi connectivity index (χ1) is 8.79. The molecule has 0 saturated carbocycles. The largest absolute Gasteiger partial charge is 0.392 e. The maximum Gasteiger partial charge on any atom is 0.0615 e. The summed E-state index contributed by atoms with van der Waals surface area (Å²) in [5, 5.41) is 9.57. The van der Waals surface area contributed by atoms with Crippen LogP contribution in [-0.4, -0.2) is 11.7 Å². The molecule has 0 saturated heterocycles. The number of hydrogen-bond donors (Lipinski definition) is 1. The zero-order valence-corrected chi connectivity index (χ0v) is 11.3. The van der Waals surface area contributed by atoms with Crippen LogP contribution < -0.4 is 0 Å². The number of benzene rings is 2. The Hall–Kier alpha value is -1.22. The topological polar surface area (TPSA) is 20.2 Å². The van der Waals surface area contributed by atoms with Crippen LogP contribution in [0.3, 0.4) is 0 Å². The fourth-order valence-corrected chi connectivity index (χ4v) is 2.57. The van der Waals surface area contributed by atoms with Gasteiger partial charge < -0.3 is 5.11 Å². The van der Waals surface area contributed by atoms with E-state index in [9.17, 15) is 0 Å². The predicted octanol–water partition coefficient (Wildman–Crippen LogP) is 4.50. The Bertz CT molecular complexity index is 534. The Balaban J connectivity index is 2.23. The normalized spacial score (nSPS) is 11.0. The molecule has 0 atom stereocenters. The lowest BCUT2D eigenvalue weighted by Crippen LogP contribution is -1.80. The summed E-state index contributed by atoms with van der Waals surface area (Å²) in [5.74, 6) is 0. The van der Waals surface area contributed by atoms with Crippen molar-refractivity contribution in [2.24, 2.45) is 0 Å². The van der Waals surface area contributed by atoms with Crippen molar-refractivity contribution in [3.8, 4) is 0 Å². The van der Waals surface area contributed by atoms with Crippen molar-refractivity contribution in [1.82, 2.24) is 0 Å². The van der Waals surface area contributed by atoms with Crippen LogP contribution in [0.25, 0.3) is 6.08 Å². The molecule has 3 heteroatoms. The van der Waals surface area contributed by atoms with Gasteiger partial charge in [0, 0.05) is 14.8 Å². The van der Waals surface area contributed by atoms with Gasteiger partial charge in [-0.3, -0.25) is 0 Å². The first-order valence-electron chi connectivity index (χ1n) is 5.59. The van der Waals surface area contributed by atoms with Crippen molar-refractivity contribution in [2.75, 3.05) is 6.61 Å². The number of halogens is 1. The minimum absolute atomic E-state index is 0.0555. The molecule has 2 aromatic rings. The Morgan fingerprint density at radius 1 is 1.06 bits per heavy atom. The highest BCUT2D eigenvalue weighted by molar-refractivity contribution is 7.99. The summed E-state index contributed by atoms with van der Waals surface area (Å²) in [6.07, 6.45) is 3.67. The van der Waals surface area contributed by atoms with Crippen LogP contribution in [0.1, 0.15) is 5.56 Å². The van der Waals surface area contributed by atoms with Gasteiger partial charge in [-0.1, -0.05) is 53.7 Å². The first-order valence-corrected chi connectivity index (χ1v) is 6.79. The second-order valence-electron chi connectivity index (χ2n) is 3.68. The van der Waals surface area contributed by atoms with Crippen LogP contribution in [0.2, 0.25) is 5.02 Å². The molecule has 92 valence electrons. The van der Waals surface area contributed by atoms with Crippen molar-refractivity contribution in [3.63, 3.8) is 0 Å². The van der Waals surface area contributed by atoms with E-state index in [4.69, 9.17) is 16.7 Å². The predicted molar refractivity (Wildman–Crippen MR) is 78.1 cm³/mol. The molecule has 0 amide bonds. The molecule has 2 rings (SSSR count). The van der Waals surface area contributed by atoms with Crippen LogP contribution in [0.4, 0.5) is 0 Å². The van der Waals surface area contributed by atoms with Gasteiger partial charge in [0.05, 0.1) is 6.61 Å². The van der Waals surface area contributed by atoms with Crippen molar-refractivity contribution >= 4 is 29.4 Å². The maximum absolute atomic E-state index is 8.83. The smallest absolute Gasteiger partial charge is 0.0615 e. The second-order valence-corrected chi connectivity index (χ2v) is 5.23. The molecule has 0 aromatic heterocycles. The summed E-state index contributed by atoms with van der Waals surface area (Å²) >= 11 is 7.55. The molecule has 1 nitrogen and oxygen atoms in total. The van der Waals surface area contributed by atoms with Gasteiger partial charge in [0.25, 0.3) is 0 Å². The zero-order valence-electron chi connectivity index (χ0n) is 9.71. The van der Waals surface area contributed by atoms with Crippen LogP contribution in [0.15, 0.2) is 64.4 Å². The van der Waals surface area contributed by atoms with E-state index in [0.29, 0.717) is 0 Å². The fraction of sp³-hybridized carbons (Fsp3) is 0.0667. The Kier molecular flexibility index (Phi) is 4.88. The molecule has 0 aliphatic rings. The average molecular weight is 277 g/mol. The van der Waals surface area contributed by atoms with Crippen molar-refractivity contribution in [3.05, 3.63) is 65.2 Å². The number of hydrogen-bond acceptors (Lipinski definition) is 2. The van der Waals surface area contributed by atoms with Gasteiger partial charge >= 0.3 is 0 Å². The third kappa shape index (κ3) is 3.64. The standard InChI is InChI=1S/C15H13ClOS/c16-13-7-9-14(10-8-13)18-15-6-2-1-4-12(15)5-3-11-17/h1-10,17H,11H2/b5-3+. The molecular formula is C15H13ClOS. The van der Waals surface area contributed by atoms with Gasteiger partial charge in [-0.15, -0.1) is 0 Å². The lowest BCUT2D eigenvalue weighted by Gasteiger charge is -2.05. The zero-order chi connectivity index (χ0) is 12.8. The molecule has 0 unspecified atom stereocenters. The average Bonchev–Trinajstić information content (AvgIpc) is 2.40. The maximum atomic E-state index is 8.83. The number of rotatable bonds is 4. The van der Waals surface area contributed by atoms with E-state index in [1.165, 1.54) is 0 Å². The summed E-state index contributed by atoms with van der Waals surface area (Å²) in [5.41, 5.74) is 1.10. The third-order valence-corrected chi connectivity index (χ3v) is 3.71. The lowest BCUT2D eigenvalue weighted by molar-refractivity contribution is 0.343. The van der Waals surface area contributed by atoms with Gasteiger partial charge in [0.1, 0.15) is 0 Å². The van der Waals surface area contributed by atoms with Gasteiger partial charge in [-0.25, -0.2) is 0 Å². The number of aliphatic hydroxyl groups excluding tert-OH is 1. The molecule has 2 aromatic carbocycles. The molecule has 1 N–H and O–H groups in total. The minimum Gasteiger partial charge on any atom is -0.392 e. The highest BCUT2D eigenvalue weighted by atomic mass is 35.5. The van der Waals surface area contributed by atoms with E-state index >= 15 is 0 Å². The quantitative estimate of drug-likeness (QED) is 0.887. The van der Waals surface area contributed by atoms with Crippen LogP contribution in [-0.2, 0) is 0 Å². The fourth-order valence-electron chi connectivity index (χ4n) is 1.52. The van der Waals surface area contributed by atoms with E-state index < -0.39 is 0 Å². The summed E-state index contributed by atoms with van der Waals surface area (Å²) in [6, 6.07) is 15.9. The molecule has 0 bridgehead atoms. The summed E-state index contributed by atoms with van der Waals surface area (Å²) < 4.78 is 0. The van der Waals surface area contributed by atoms with Crippen molar-refractivity contribution in [2.45, 2.75) is 9.79 Å². The summed E-state index contributed by atoms with van der Waals surface area (Å²) in [4.78, 5) is 2.30. The van der Waals surface area contributed by atoms with E-state index in [-0.39, 0.29) is 6.61 Å². The molecular weight excluding hydrogens is 264 g/mol. The van der Waals surface area contributed by atoms with E-state index in [1.807, 2.05) is 48.5 Å². The molecule has 0 heterocycles. The summed E-state index contributed by atoms with van der Waals surface area (Å²) in [7, 11) is 0. The Morgan fingerprint density at radius 2 is 1.78 bits per heavy atom. The summed E-state index contributed by atoms with van der Waals surface area (Å²) in [6.45, 7) is 0.0555. The van der Waals surface area contributed by atoms with Gasteiger partial charge in [-0.05, 0) is 35.9 Å². The van der Waals surface area contributed by atoms with Gasteiger partial charge in [-0.2, -0.15) is 0 Å². The molecule has 18 heavy (non-hydrogen) atoms. The van der Waals surface area contributed by atoms with Crippen LogP contribution in [0.5, 0.6) is 0 Å². The lowest BCUT2D eigenvalue weighted by atomic mass is 10.2. The van der Waals surface area contributed by atoms with E-state index in [0.717, 1.165) is 20.4 Å². The molecule has 0 fully saturated rings. The first kappa shape index (κ1) is 13.2. The van der Waals surface area contributed by atoms with Crippen molar-refractivity contribution < 1.29 is 5.11 Å². The third-order valence-electron chi connectivity index (χ3n) is 2.36. The SMILES string of the molecule is OC/C=C/c1ccccc1Sc1ccc(Cl)cc1.